The number of likely N-dealkylation sites (tertiary alicyclic amines) is 2. The van der Waals surface area contributed by atoms with E-state index in [0.717, 1.165) is 5.69 Å². The monoisotopic (exact) mass is 339 g/mol. The highest BCUT2D eigenvalue weighted by atomic mass is 19.3. The lowest BCUT2D eigenvalue weighted by atomic mass is 10.0. The molecule has 2 fully saturated rings. The van der Waals surface area contributed by atoms with Crippen molar-refractivity contribution < 1.29 is 18.3 Å². The highest BCUT2D eigenvalue weighted by Crippen LogP contribution is 2.35. The van der Waals surface area contributed by atoms with Crippen LogP contribution in [-0.2, 0) is 4.74 Å². The first kappa shape index (κ1) is 17.2. The molecular weight excluding hydrogens is 316 g/mol. The zero-order valence-corrected chi connectivity index (χ0v) is 14.0. The van der Waals surface area contributed by atoms with Crippen molar-refractivity contribution in [2.75, 3.05) is 32.8 Å². The molecule has 1 aromatic rings. The van der Waals surface area contributed by atoms with Crippen LogP contribution in [0, 0.1) is 6.92 Å². The molecule has 24 heavy (non-hydrogen) atoms. The van der Waals surface area contributed by atoms with Gasteiger partial charge in [-0.1, -0.05) is 6.07 Å². The van der Waals surface area contributed by atoms with Gasteiger partial charge in [-0.25, -0.2) is 13.8 Å². The Labute approximate surface area is 140 Å². The van der Waals surface area contributed by atoms with Crippen molar-refractivity contribution in [1.29, 1.82) is 0 Å². The number of alkyl halides is 2. The number of rotatable bonds is 5. The lowest BCUT2D eigenvalue weighted by Gasteiger charge is -2.45. The Morgan fingerprint density at radius 3 is 2.83 bits per heavy atom. The second kappa shape index (κ2) is 6.72. The highest BCUT2D eigenvalue weighted by Gasteiger charge is 2.50. The number of nitrogens with zero attached hydrogens (tertiary/aromatic N) is 3. The van der Waals surface area contributed by atoms with Crippen molar-refractivity contribution in [1.82, 2.24) is 14.8 Å². The van der Waals surface area contributed by atoms with Gasteiger partial charge in [0.2, 0.25) is 0 Å². The summed E-state index contributed by atoms with van der Waals surface area (Å²) < 4.78 is 32.9. The van der Waals surface area contributed by atoms with Crippen LogP contribution in [0.15, 0.2) is 18.2 Å². The highest BCUT2D eigenvalue weighted by molar-refractivity contribution is 5.93. The van der Waals surface area contributed by atoms with E-state index in [1.54, 1.807) is 17.0 Å². The molecule has 3 heterocycles. The summed E-state index contributed by atoms with van der Waals surface area (Å²) >= 11 is 0. The molecule has 2 saturated heterocycles. The summed E-state index contributed by atoms with van der Waals surface area (Å²) in [5, 5.41) is 0. The number of hydrogen-bond acceptors (Lipinski definition) is 4. The minimum absolute atomic E-state index is 0.0300. The molecule has 5 nitrogen and oxygen atoms in total. The summed E-state index contributed by atoms with van der Waals surface area (Å²) in [5.41, 5.74) is 1.19. The number of aromatic nitrogens is 1. The van der Waals surface area contributed by atoms with E-state index in [0.29, 0.717) is 32.0 Å². The first-order valence-corrected chi connectivity index (χ1v) is 8.34. The summed E-state index contributed by atoms with van der Waals surface area (Å²) in [4.78, 5) is 20.1. The first-order chi connectivity index (χ1) is 11.4. The van der Waals surface area contributed by atoms with Gasteiger partial charge in [-0.2, -0.15) is 0 Å². The van der Waals surface area contributed by atoms with Gasteiger partial charge >= 0.3 is 0 Å². The van der Waals surface area contributed by atoms with E-state index in [2.05, 4.69) is 4.98 Å². The van der Waals surface area contributed by atoms with Gasteiger partial charge in [-0.15, -0.1) is 0 Å². The lowest BCUT2D eigenvalue weighted by molar-refractivity contribution is -0.0150. The predicted molar refractivity (Wildman–Crippen MR) is 85.2 cm³/mol. The lowest BCUT2D eigenvalue weighted by Crippen LogP contribution is -2.62. The Bertz CT molecular complexity index is 605. The molecule has 0 bridgehead atoms. The van der Waals surface area contributed by atoms with Gasteiger partial charge in [0.25, 0.3) is 11.8 Å². The van der Waals surface area contributed by atoms with E-state index >= 15 is 0 Å². The molecule has 1 atom stereocenters. The Hall–Kier alpha value is -1.60. The molecule has 7 heteroatoms. The van der Waals surface area contributed by atoms with Crippen LogP contribution >= 0.6 is 0 Å². The molecule has 0 aromatic carbocycles. The van der Waals surface area contributed by atoms with Crippen molar-refractivity contribution in [3.8, 4) is 0 Å². The third kappa shape index (κ3) is 3.57. The largest absolute Gasteiger partial charge is 0.380 e. The minimum Gasteiger partial charge on any atom is -0.380 e. The van der Waals surface area contributed by atoms with Crippen molar-refractivity contribution in [3.63, 3.8) is 0 Å². The minimum atomic E-state index is -2.68. The Balaban J connectivity index is 1.59. The van der Waals surface area contributed by atoms with Crippen LogP contribution in [0.25, 0.3) is 0 Å². The molecule has 2 aliphatic rings. The standard InChI is InChI=1S/C17H23F2N3O2/c1-3-24-10-13-7-17(18,19)11-22(13)14-8-21(9-14)16(23)15-6-4-5-12(2)20-15/h4-6,13-14H,3,7-11H2,1-2H3/t13-/m0/s1. The maximum atomic E-state index is 13.8. The van der Waals surface area contributed by atoms with Crippen LogP contribution in [0.3, 0.4) is 0 Å². The zero-order valence-electron chi connectivity index (χ0n) is 14.0. The van der Waals surface area contributed by atoms with Gasteiger partial charge in [-0.3, -0.25) is 9.69 Å². The van der Waals surface area contributed by atoms with Gasteiger partial charge in [-0.05, 0) is 26.0 Å². The average Bonchev–Trinajstić information content (AvgIpc) is 2.78. The summed E-state index contributed by atoms with van der Waals surface area (Å²) in [7, 11) is 0. The molecule has 132 valence electrons. The van der Waals surface area contributed by atoms with Crippen LogP contribution in [0.1, 0.15) is 29.5 Å². The topological polar surface area (TPSA) is 45.7 Å². The molecule has 1 aromatic heterocycles. The molecule has 0 N–H and O–H groups in total. The fourth-order valence-electron chi connectivity index (χ4n) is 3.41. The number of ether oxygens (including phenoxy) is 1. The van der Waals surface area contributed by atoms with Gasteiger partial charge in [0.1, 0.15) is 5.69 Å². The second-order valence-electron chi connectivity index (χ2n) is 6.57. The number of aryl methyl sites for hydroxylation is 1. The number of carbonyl (C=O) groups is 1. The van der Waals surface area contributed by atoms with Crippen LogP contribution in [-0.4, -0.2) is 71.5 Å². The molecular formula is C17H23F2N3O2. The van der Waals surface area contributed by atoms with Gasteiger partial charge in [0, 0.05) is 43.9 Å². The van der Waals surface area contributed by atoms with Gasteiger partial charge in [0.15, 0.2) is 0 Å². The van der Waals surface area contributed by atoms with Crippen molar-refractivity contribution >= 4 is 5.91 Å². The SMILES string of the molecule is CCOC[C@@H]1CC(F)(F)CN1C1CN(C(=O)c2cccc(C)n2)C1. The number of halogens is 2. The Morgan fingerprint density at radius 1 is 1.42 bits per heavy atom. The van der Waals surface area contributed by atoms with E-state index in [-0.39, 0.29) is 31.0 Å². The number of hydrogen-bond donors (Lipinski definition) is 0. The molecule has 0 saturated carbocycles. The molecule has 0 spiro atoms. The third-order valence-electron chi connectivity index (χ3n) is 4.66. The van der Waals surface area contributed by atoms with E-state index in [9.17, 15) is 13.6 Å². The smallest absolute Gasteiger partial charge is 0.272 e. The number of amides is 1. The van der Waals surface area contributed by atoms with Crippen molar-refractivity contribution in [2.24, 2.45) is 0 Å². The predicted octanol–water partition coefficient (Wildman–Crippen LogP) is 1.96. The van der Waals surface area contributed by atoms with Crippen molar-refractivity contribution in [2.45, 2.75) is 38.3 Å². The number of pyridine rings is 1. The summed E-state index contributed by atoms with van der Waals surface area (Å²) in [5.74, 6) is -2.81. The Kier molecular flexibility index (Phi) is 4.83. The first-order valence-electron chi connectivity index (χ1n) is 8.34. The van der Waals surface area contributed by atoms with E-state index in [4.69, 9.17) is 4.74 Å². The molecule has 0 aliphatic carbocycles. The molecule has 0 unspecified atom stereocenters. The van der Waals surface area contributed by atoms with Gasteiger partial charge < -0.3 is 9.64 Å². The maximum absolute atomic E-state index is 13.8. The molecule has 0 radical (unpaired) electrons. The van der Waals surface area contributed by atoms with E-state index in [1.807, 2.05) is 24.8 Å². The third-order valence-corrected chi connectivity index (χ3v) is 4.66. The van der Waals surface area contributed by atoms with Crippen LogP contribution < -0.4 is 0 Å². The van der Waals surface area contributed by atoms with E-state index in [1.165, 1.54) is 0 Å². The molecule has 1 amide bonds. The quantitative estimate of drug-likeness (QED) is 0.823. The van der Waals surface area contributed by atoms with E-state index < -0.39 is 5.92 Å². The number of carbonyl (C=O) groups excluding carboxylic acids is 1. The fraction of sp³-hybridized carbons (Fsp3) is 0.647. The van der Waals surface area contributed by atoms with Crippen LogP contribution in [0.4, 0.5) is 8.78 Å². The van der Waals surface area contributed by atoms with Crippen LogP contribution in [0.5, 0.6) is 0 Å². The van der Waals surface area contributed by atoms with Crippen molar-refractivity contribution in [3.05, 3.63) is 29.6 Å². The average molecular weight is 339 g/mol. The summed E-state index contributed by atoms with van der Waals surface area (Å²) in [6.45, 7) is 5.21. The summed E-state index contributed by atoms with van der Waals surface area (Å²) in [6, 6.07) is 5.01. The van der Waals surface area contributed by atoms with Gasteiger partial charge in [0.05, 0.1) is 13.2 Å². The maximum Gasteiger partial charge on any atom is 0.272 e. The molecule has 2 aliphatic heterocycles. The Morgan fingerprint density at radius 2 is 2.17 bits per heavy atom. The normalized spacial score (nSPS) is 24.2. The fourth-order valence-corrected chi connectivity index (χ4v) is 3.41. The summed E-state index contributed by atoms with van der Waals surface area (Å²) in [6.07, 6.45) is -0.170. The molecule has 3 rings (SSSR count). The second-order valence-corrected chi connectivity index (χ2v) is 6.57. The zero-order chi connectivity index (χ0) is 17.3. The van der Waals surface area contributed by atoms with Crippen LogP contribution in [0.2, 0.25) is 0 Å².